The van der Waals surface area contributed by atoms with Gasteiger partial charge in [-0.15, -0.1) is 4.68 Å². The van der Waals surface area contributed by atoms with Gasteiger partial charge in [0.2, 0.25) is 6.20 Å². The van der Waals surface area contributed by atoms with Crippen LogP contribution in [0, 0.1) is 0 Å². The van der Waals surface area contributed by atoms with Gasteiger partial charge in [-0.05, 0) is 33.8 Å². The molecule has 0 radical (unpaired) electrons. The topological polar surface area (TPSA) is 21.7 Å². The van der Waals surface area contributed by atoms with E-state index in [9.17, 15) is 0 Å². The van der Waals surface area contributed by atoms with Crippen molar-refractivity contribution in [1.29, 1.82) is 0 Å². The predicted molar refractivity (Wildman–Crippen MR) is 60.7 cm³/mol. The third kappa shape index (κ3) is 1.62. The zero-order valence-corrected chi connectivity index (χ0v) is 9.81. The zero-order valence-electron chi connectivity index (χ0n) is 9.81. The van der Waals surface area contributed by atoms with Gasteiger partial charge in [0.25, 0.3) is 0 Å². The summed E-state index contributed by atoms with van der Waals surface area (Å²) >= 11 is 0. The molecule has 3 nitrogen and oxygen atoms in total. The number of rotatable bonds is 2. The average Bonchev–Trinajstić information content (AvgIpc) is 2.56. The molecular weight excluding hydrogens is 186 g/mol. The van der Waals surface area contributed by atoms with Gasteiger partial charge in [0.1, 0.15) is 5.52 Å². The molecule has 0 spiro atoms. The normalized spacial score (nSPS) is 11.9. The van der Waals surface area contributed by atoms with Crippen LogP contribution in [0.15, 0.2) is 24.7 Å². The van der Waals surface area contributed by atoms with Crippen molar-refractivity contribution < 1.29 is 4.68 Å². The Balaban J connectivity index is 2.75. The fourth-order valence-corrected chi connectivity index (χ4v) is 1.98. The Hall–Kier alpha value is -1.38. The largest absolute Gasteiger partial charge is 0.264 e. The molecule has 0 N–H and O–H groups in total. The Morgan fingerprint density at radius 3 is 2.60 bits per heavy atom. The van der Waals surface area contributed by atoms with Gasteiger partial charge in [0.15, 0.2) is 6.04 Å². The summed E-state index contributed by atoms with van der Waals surface area (Å²) in [6.07, 6.45) is 5.95. The SMILES string of the molecule is CC(C)n1c2ccncc2c[n+]1C(C)C. The van der Waals surface area contributed by atoms with Crippen molar-refractivity contribution in [2.75, 3.05) is 0 Å². The maximum absolute atomic E-state index is 4.16. The predicted octanol–water partition coefficient (Wildman–Crippen LogP) is 2.49. The van der Waals surface area contributed by atoms with Gasteiger partial charge in [-0.1, -0.05) is 0 Å². The highest BCUT2D eigenvalue weighted by atomic mass is 15.4. The highest BCUT2D eigenvalue weighted by Gasteiger charge is 2.20. The molecule has 80 valence electrons. The fourth-order valence-electron chi connectivity index (χ4n) is 1.98. The molecular formula is C12H18N3+. The van der Waals surface area contributed by atoms with Crippen molar-refractivity contribution in [3.8, 4) is 0 Å². The summed E-state index contributed by atoms with van der Waals surface area (Å²) in [6, 6.07) is 3.01. The molecule has 2 aromatic rings. The first kappa shape index (κ1) is 10.1. The molecule has 2 rings (SSSR count). The van der Waals surface area contributed by atoms with E-state index in [2.05, 4.69) is 54.3 Å². The second kappa shape index (κ2) is 3.65. The Kier molecular flexibility index (Phi) is 2.47. The Bertz CT molecular complexity index is 469. The number of hydrogen-bond acceptors (Lipinski definition) is 1. The lowest BCUT2D eigenvalue weighted by atomic mass is 10.3. The lowest BCUT2D eigenvalue weighted by molar-refractivity contribution is -0.791. The molecule has 0 aliphatic carbocycles. The Labute approximate surface area is 90.3 Å². The van der Waals surface area contributed by atoms with Crippen LogP contribution in [-0.4, -0.2) is 9.67 Å². The molecule has 0 saturated carbocycles. The molecule has 0 fully saturated rings. The van der Waals surface area contributed by atoms with Crippen LogP contribution in [0.3, 0.4) is 0 Å². The summed E-state index contributed by atoms with van der Waals surface area (Å²) < 4.78 is 4.60. The summed E-state index contributed by atoms with van der Waals surface area (Å²) in [5.41, 5.74) is 1.26. The minimum Gasteiger partial charge on any atom is -0.264 e. The molecule has 0 aliphatic rings. The van der Waals surface area contributed by atoms with Crippen LogP contribution in [0.2, 0.25) is 0 Å². The van der Waals surface area contributed by atoms with E-state index in [1.807, 2.05) is 12.4 Å². The molecule has 15 heavy (non-hydrogen) atoms. The fraction of sp³-hybridized carbons (Fsp3) is 0.500. The van der Waals surface area contributed by atoms with Crippen LogP contribution < -0.4 is 4.68 Å². The van der Waals surface area contributed by atoms with Crippen molar-refractivity contribution in [2.45, 2.75) is 39.8 Å². The lowest BCUT2D eigenvalue weighted by Gasteiger charge is -2.09. The van der Waals surface area contributed by atoms with Crippen LogP contribution in [0.25, 0.3) is 10.9 Å². The number of nitrogens with zero attached hydrogens (tertiary/aromatic N) is 3. The minimum atomic E-state index is 0.465. The number of pyridine rings is 1. The van der Waals surface area contributed by atoms with Crippen molar-refractivity contribution in [3.63, 3.8) is 0 Å². The Morgan fingerprint density at radius 1 is 1.27 bits per heavy atom. The van der Waals surface area contributed by atoms with Crippen LogP contribution in [0.5, 0.6) is 0 Å². The van der Waals surface area contributed by atoms with Crippen molar-refractivity contribution in [2.24, 2.45) is 0 Å². The second-order valence-electron chi connectivity index (χ2n) is 4.48. The first-order valence-electron chi connectivity index (χ1n) is 5.47. The van der Waals surface area contributed by atoms with E-state index in [0.29, 0.717) is 12.1 Å². The maximum Gasteiger partial charge on any atom is 0.205 e. The molecule has 0 amide bonds. The summed E-state index contributed by atoms with van der Waals surface area (Å²) in [5, 5.41) is 1.21. The minimum absolute atomic E-state index is 0.465. The van der Waals surface area contributed by atoms with E-state index >= 15 is 0 Å². The average molecular weight is 204 g/mol. The highest BCUT2D eigenvalue weighted by Crippen LogP contribution is 2.16. The van der Waals surface area contributed by atoms with Crippen LogP contribution in [0.1, 0.15) is 39.8 Å². The quantitative estimate of drug-likeness (QED) is 0.689. The molecule has 2 aromatic heterocycles. The monoisotopic (exact) mass is 204 g/mol. The third-order valence-corrected chi connectivity index (χ3v) is 2.61. The summed E-state index contributed by atoms with van der Waals surface area (Å²) in [5.74, 6) is 0. The van der Waals surface area contributed by atoms with E-state index in [-0.39, 0.29) is 0 Å². The maximum atomic E-state index is 4.16. The number of hydrogen-bond donors (Lipinski definition) is 0. The molecule has 3 heteroatoms. The van der Waals surface area contributed by atoms with Crippen LogP contribution >= 0.6 is 0 Å². The van der Waals surface area contributed by atoms with E-state index in [0.717, 1.165) is 0 Å². The van der Waals surface area contributed by atoms with Crippen LogP contribution in [0.4, 0.5) is 0 Å². The van der Waals surface area contributed by atoms with Gasteiger partial charge < -0.3 is 0 Å². The van der Waals surface area contributed by atoms with Crippen molar-refractivity contribution in [3.05, 3.63) is 24.7 Å². The highest BCUT2D eigenvalue weighted by molar-refractivity contribution is 5.76. The summed E-state index contributed by atoms with van der Waals surface area (Å²) in [6.45, 7) is 8.81. The van der Waals surface area contributed by atoms with E-state index in [1.165, 1.54) is 10.9 Å². The van der Waals surface area contributed by atoms with Gasteiger partial charge >= 0.3 is 0 Å². The molecule has 0 unspecified atom stereocenters. The molecule has 0 aliphatic heterocycles. The standard InChI is InChI=1S/C12H18N3/c1-9(2)14-8-11-7-13-6-5-12(11)15(14)10(3)4/h5-10H,1-4H3/q+1. The first-order chi connectivity index (χ1) is 7.11. The zero-order chi connectivity index (χ0) is 11.0. The molecule has 0 bridgehead atoms. The first-order valence-corrected chi connectivity index (χ1v) is 5.47. The second-order valence-corrected chi connectivity index (χ2v) is 4.48. The van der Waals surface area contributed by atoms with Gasteiger partial charge in [0.05, 0.1) is 11.4 Å². The smallest absolute Gasteiger partial charge is 0.205 e. The summed E-state index contributed by atoms with van der Waals surface area (Å²) in [7, 11) is 0. The van der Waals surface area contributed by atoms with Gasteiger partial charge in [-0.3, -0.25) is 4.98 Å². The van der Waals surface area contributed by atoms with Gasteiger partial charge in [-0.2, -0.15) is 4.68 Å². The molecule has 0 atom stereocenters. The van der Waals surface area contributed by atoms with E-state index < -0.39 is 0 Å². The number of fused-ring (bicyclic) bond motifs is 1. The van der Waals surface area contributed by atoms with Gasteiger partial charge in [0, 0.05) is 12.4 Å². The summed E-state index contributed by atoms with van der Waals surface area (Å²) in [4.78, 5) is 4.16. The Morgan fingerprint density at radius 2 is 2.00 bits per heavy atom. The molecule has 0 aromatic carbocycles. The van der Waals surface area contributed by atoms with Crippen molar-refractivity contribution >= 4 is 10.9 Å². The molecule has 2 heterocycles. The third-order valence-electron chi connectivity index (χ3n) is 2.61. The van der Waals surface area contributed by atoms with Crippen LogP contribution in [-0.2, 0) is 0 Å². The molecule has 0 saturated heterocycles. The van der Waals surface area contributed by atoms with E-state index in [4.69, 9.17) is 0 Å². The van der Waals surface area contributed by atoms with Crippen molar-refractivity contribution in [1.82, 2.24) is 9.67 Å². The van der Waals surface area contributed by atoms with Gasteiger partial charge in [-0.25, -0.2) is 0 Å². The number of aromatic nitrogens is 3. The lowest BCUT2D eigenvalue weighted by Crippen LogP contribution is -2.45. The van der Waals surface area contributed by atoms with E-state index in [1.54, 1.807) is 0 Å².